The largest absolute Gasteiger partial charge is 0.433 e. The van der Waals surface area contributed by atoms with Crippen molar-refractivity contribution in [2.45, 2.75) is 6.18 Å². The van der Waals surface area contributed by atoms with E-state index < -0.39 is 11.9 Å². The third-order valence-corrected chi connectivity index (χ3v) is 4.01. The van der Waals surface area contributed by atoms with E-state index in [0.717, 1.165) is 6.07 Å². The van der Waals surface area contributed by atoms with Crippen LogP contribution in [0.15, 0.2) is 30.6 Å². The molecule has 0 radical (unpaired) electrons. The number of aromatic nitrogens is 3. The van der Waals surface area contributed by atoms with E-state index >= 15 is 0 Å². The number of aryl methyl sites for hydroxylation is 1. The van der Waals surface area contributed by atoms with E-state index in [2.05, 4.69) is 10.1 Å². The molecular formula is C15H16F3N5O. The fourth-order valence-electron chi connectivity index (χ4n) is 2.65. The number of hydrogen-bond acceptors (Lipinski definition) is 4. The van der Waals surface area contributed by atoms with E-state index in [-0.39, 0.29) is 5.91 Å². The molecule has 0 aliphatic carbocycles. The van der Waals surface area contributed by atoms with E-state index in [0.29, 0.717) is 37.6 Å². The minimum absolute atomic E-state index is 0.0970. The summed E-state index contributed by atoms with van der Waals surface area (Å²) in [4.78, 5) is 19.5. The van der Waals surface area contributed by atoms with Gasteiger partial charge in [0.15, 0.2) is 0 Å². The fourth-order valence-corrected chi connectivity index (χ4v) is 2.65. The number of nitrogens with zero attached hydrogens (tertiary/aromatic N) is 5. The summed E-state index contributed by atoms with van der Waals surface area (Å²) in [5, 5.41) is 3.98. The van der Waals surface area contributed by atoms with Crippen LogP contribution in [0.1, 0.15) is 16.2 Å². The number of halogens is 3. The highest BCUT2D eigenvalue weighted by Crippen LogP contribution is 2.28. The molecule has 128 valence electrons. The zero-order chi connectivity index (χ0) is 17.3. The minimum atomic E-state index is -4.44. The molecule has 2 aromatic rings. The summed E-state index contributed by atoms with van der Waals surface area (Å²) in [7, 11) is 1.71. The van der Waals surface area contributed by atoms with Crippen LogP contribution >= 0.6 is 0 Å². The predicted molar refractivity (Wildman–Crippen MR) is 80.6 cm³/mol. The second kappa shape index (κ2) is 6.14. The minimum Gasteiger partial charge on any atom is -0.367 e. The third-order valence-electron chi connectivity index (χ3n) is 4.01. The van der Waals surface area contributed by atoms with Gasteiger partial charge in [0.05, 0.1) is 11.9 Å². The lowest BCUT2D eigenvalue weighted by Crippen LogP contribution is -2.49. The highest BCUT2D eigenvalue weighted by molar-refractivity contribution is 5.92. The van der Waals surface area contributed by atoms with Crippen molar-refractivity contribution < 1.29 is 18.0 Å². The normalized spacial score (nSPS) is 15.7. The van der Waals surface area contributed by atoms with Crippen LogP contribution in [0.5, 0.6) is 0 Å². The first kappa shape index (κ1) is 16.3. The van der Waals surface area contributed by atoms with Gasteiger partial charge in [0.2, 0.25) is 0 Å². The number of alkyl halides is 3. The fraction of sp³-hybridized carbons (Fsp3) is 0.400. The third kappa shape index (κ3) is 3.19. The Hall–Kier alpha value is -2.58. The Kier molecular flexibility index (Phi) is 4.16. The van der Waals surface area contributed by atoms with E-state index in [4.69, 9.17) is 0 Å². The summed E-state index contributed by atoms with van der Waals surface area (Å²) in [5.41, 5.74) is 0.228. The van der Waals surface area contributed by atoms with Crippen molar-refractivity contribution in [1.29, 1.82) is 0 Å². The van der Waals surface area contributed by atoms with Crippen molar-refractivity contribution in [2.24, 2.45) is 7.05 Å². The summed E-state index contributed by atoms with van der Waals surface area (Å²) in [6.45, 7) is 2.06. The molecule has 1 aliphatic rings. The van der Waals surface area contributed by atoms with E-state index in [1.54, 1.807) is 24.2 Å². The first-order valence-corrected chi connectivity index (χ1v) is 7.42. The van der Waals surface area contributed by atoms with Crippen LogP contribution in [-0.4, -0.2) is 51.8 Å². The average Bonchev–Trinajstić information content (AvgIpc) is 3.00. The molecule has 0 N–H and O–H groups in total. The van der Waals surface area contributed by atoms with Gasteiger partial charge >= 0.3 is 6.18 Å². The zero-order valence-electron chi connectivity index (χ0n) is 13.0. The number of rotatable bonds is 2. The molecule has 1 saturated heterocycles. The van der Waals surface area contributed by atoms with Crippen molar-refractivity contribution >= 4 is 11.6 Å². The van der Waals surface area contributed by atoms with Crippen LogP contribution in [-0.2, 0) is 13.2 Å². The summed E-state index contributed by atoms with van der Waals surface area (Å²) < 4.78 is 39.1. The van der Waals surface area contributed by atoms with Gasteiger partial charge in [-0.05, 0) is 18.2 Å². The quantitative estimate of drug-likeness (QED) is 0.837. The summed E-state index contributed by atoms with van der Waals surface area (Å²) in [5.74, 6) is -0.0970. The highest BCUT2D eigenvalue weighted by Gasteiger charge is 2.32. The smallest absolute Gasteiger partial charge is 0.367 e. The molecular weight excluding hydrogens is 323 g/mol. The molecule has 0 aromatic carbocycles. The van der Waals surface area contributed by atoms with Gasteiger partial charge in [-0.1, -0.05) is 0 Å². The maximum Gasteiger partial charge on any atom is 0.433 e. The highest BCUT2D eigenvalue weighted by atomic mass is 19.4. The number of carbonyl (C=O) groups excluding carboxylic acids is 1. The Morgan fingerprint density at radius 1 is 1.12 bits per heavy atom. The number of amides is 1. The Labute approximate surface area is 136 Å². The Morgan fingerprint density at radius 2 is 1.83 bits per heavy atom. The molecule has 2 aromatic heterocycles. The van der Waals surface area contributed by atoms with E-state index in [1.807, 2.05) is 4.90 Å². The van der Waals surface area contributed by atoms with Crippen LogP contribution < -0.4 is 4.90 Å². The van der Waals surface area contributed by atoms with Crippen molar-refractivity contribution in [3.63, 3.8) is 0 Å². The molecule has 9 heteroatoms. The van der Waals surface area contributed by atoms with Crippen LogP contribution in [0, 0.1) is 0 Å². The first-order valence-electron chi connectivity index (χ1n) is 7.42. The number of piperazine rings is 1. The van der Waals surface area contributed by atoms with Crippen LogP contribution in [0.2, 0.25) is 0 Å². The Morgan fingerprint density at radius 3 is 2.33 bits per heavy atom. The van der Waals surface area contributed by atoms with Crippen molar-refractivity contribution in [2.75, 3.05) is 31.1 Å². The van der Waals surface area contributed by atoms with Gasteiger partial charge in [-0.2, -0.15) is 18.3 Å². The second-order valence-corrected chi connectivity index (χ2v) is 5.52. The summed E-state index contributed by atoms with van der Waals surface area (Å²) >= 11 is 0. The molecule has 0 saturated carbocycles. The number of hydrogen-bond donors (Lipinski definition) is 0. The van der Waals surface area contributed by atoms with Gasteiger partial charge in [-0.15, -0.1) is 0 Å². The lowest BCUT2D eigenvalue weighted by Gasteiger charge is -2.35. The van der Waals surface area contributed by atoms with Crippen LogP contribution in [0.3, 0.4) is 0 Å². The summed E-state index contributed by atoms with van der Waals surface area (Å²) in [6, 6.07) is 4.05. The van der Waals surface area contributed by atoms with Crippen molar-refractivity contribution in [3.05, 3.63) is 42.0 Å². The molecule has 6 nitrogen and oxygen atoms in total. The summed E-state index contributed by atoms with van der Waals surface area (Å²) in [6.07, 6.45) is -1.65. The topological polar surface area (TPSA) is 54.3 Å². The molecule has 0 atom stereocenters. The predicted octanol–water partition coefficient (Wildman–Crippen LogP) is 1.80. The maximum absolute atomic E-state index is 12.5. The van der Waals surface area contributed by atoms with Crippen LogP contribution in [0.25, 0.3) is 0 Å². The van der Waals surface area contributed by atoms with Gasteiger partial charge in [-0.3, -0.25) is 9.48 Å². The standard InChI is InChI=1S/C15H16F3N5O/c1-21-12(4-5-20-21)14(24)23-8-6-22(7-9-23)11-2-3-13(19-10-11)15(16,17)18/h2-5,10H,6-9H2,1H3. The van der Waals surface area contributed by atoms with Gasteiger partial charge in [0.1, 0.15) is 11.4 Å². The molecule has 1 amide bonds. The molecule has 1 aliphatic heterocycles. The van der Waals surface area contributed by atoms with Crippen LogP contribution in [0.4, 0.5) is 18.9 Å². The van der Waals surface area contributed by atoms with E-state index in [9.17, 15) is 18.0 Å². The second-order valence-electron chi connectivity index (χ2n) is 5.52. The van der Waals surface area contributed by atoms with Crippen molar-refractivity contribution in [3.8, 4) is 0 Å². The lowest BCUT2D eigenvalue weighted by molar-refractivity contribution is -0.141. The molecule has 0 bridgehead atoms. The monoisotopic (exact) mass is 339 g/mol. The first-order chi connectivity index (χ1) is 11.4. The SMILES string of the molecule is Cn1nccc1C(=O)N1CCN(c2ccc(C(F)(F)F)nc2)CC1. The van der Waals surface area contributed by atoms with Gasteiger partial charge in [-0.25, -0.2) is 4.98 Å². The molecule has 24 heavy (non-hydrogen) atoms. The lowest BCUT2D eigenvalue weighted by atomic mass is 10.2. The van der Waals surface area contributed by atoms with Crippen molar-refractivity contribution in [1.82, 2.24) is 19.7 Å². The molecule has 0 unspecified atom stereocenters. The van der Waals surface area contributed by atoms with Gasteiger partial charge < -0.3 is 9.80 Å². The number of pyridine rings is 1. The van der Waals surface area contributed by atoms with Gasteiger partial charge in [0, 0.05) is 39.4 Å². The average molecular weight is 339 g/mol. The zero-order valence-corrected chi connectivity index (χ0v) is 13.0. The molecule has 0 spiro atoms. The molecule has 3 rings (SSSR count). The molecule has 3 heterocycles. The Bertz CT molecular complexity index is 717. The maximum atomic E-state index is 12.5. The molecule has 1 fully saturated rings. The van der Waals surface area contributed by atoms with E-state index in [1.165, 1.54) is 16.9 Å². The Balaban J connectivity index is 1.63. The number of carbonyl (C=O) groups is 1. The van der Waals surface area contributed by atoms with Gasteiger partial charge in [0.25, 0.3) is 5.91 Å². The number of anilines is 1.